The van der Waals surface area contributed by atoms with Crippen molar-refractivity contribution in [1.82, 2.24) is 24.8 Å². The highest BCUT2D eigenvalue weighted by Crippen LogP contribution is 2.25. The van der Waals surface area contributed by atoms with Gasteiger partial charge in [0, 0.05) is 57.6 Å². The van der Waals surface area contributed by atoms with Crippen molar-refractivity contribution in [2.75, 3.05) is 26.2 Å². The molecule has 0 spiro atoms. The second-order valence-corrected chi connectivity index (χ2v) is 6.29. The largest absolute Gasteiger partial charge is 0.486 e. The van der Waals surface area contributed by atoms with Crippen LogP contribution in [0.2, 0.25) is 0 Å². The first-order valence-electron chi connectivity index (χ1n) is 8.14. The van der Waals surface area contributed by atoms with E-state index in [1.165, 1.54) is 11.9 Å². The van der Waals surface area contributed by atoms with E-state index in [0.717, 1.165) is 44.9 Å². The lowest BCUT2D eigenvalue weighted by atomic mass is 10.1. The van der Waals surface area contributed by atoms with Crippen molar-refractivity contribution in [3.63, 3.8) is 0 Å². The summed E-state index contributed by atoms with van der Waals surface area (Å²) in [6.45, 7) is 5.29. The lowest BCUT2D eigenvalue weighted by Crippen LogP contribution is -2.49. The number of hydrogen-bond acceptors (Lipinski definition) is 6. The van der Waals surface area contributed by atoms with Gasteiger partial charge in [-0.3, -0.25) is 14.8 Å². The maximum atomic E-state index is 6.03. The zero-order valence-corrected chi connectivity index (χ0v) is 13.1. The van der Waals surface area contributed by atoms with Gasteiger partial charge < -0.3 is 4.74 Å². The summed E-state index contributed by atoms with van der Waals surface area (Å²) in [7, 11) is 0. The van der Waals surface area contributed by atoms with Crippen molar-refractivity contribution >= 4 is 0 Å². The zero-order chi connectivity index (χ0) is 15.5. The lowest BCUT2D eigenvalue weighted by Gasteiger charge is -2.37. The van der Waals surface area contributed by atoms with Gasteiger partial charge in [0.05, 0.1) is 12.4 Å². The highest BCUT2D eigenvalue weighted by molar-refractivity contribution is 5.12. The molecule has 6 nitrogen and oxygen atoms in total. The summed E-state index contributed by atoms with van der Waals surface area (Å²) in [5.41, 5.74) is 1.29. The molecule has 0 aromatic carbocycles. The third-order valence-corrected chi connectivity index (χ3v) is 4.63. The van der Waals surface area contributed by atoms with E-state index < -0.39 is 0 Å². The maximum Gasteiger partial charge on any atom is 0.156 e. The summed E-state index contributed by atoms with van der Waals surface area (Å²) in [6.07, 6.45) is 10.1. The molecular formula is C17H21N5O. The topological polar surface area (TPSA) is 54.4 Å². The Hall–Kier alpha value is -2.05. The van der Waals surface area contributed by atoms with Crippen molar-refractivity contribution in [3.05, 3.63) is 48.8 Å². The summed E-state index contributed by atoms with van der Waals surface area (Å²) in [5, 5.41) is 0. The Morgan fingerprint density at radius 2 is 2.00 bits per heavy atom. The Labute approximate surface area is 136 Å². The molecule has 0 radical (unpaired) electrons. The van der Waals surface area contributed by atoms with Gasteiger partial charge in [-0.1, -0.05) is 6.07 Å². The quantitative estimate of drug-likeness (QED) is 0.846. The molecule has 4 rings (SSSR count). The smallest absolute Gasteiger partial charge is 0.156 e. The molecule has 0 aliphatic carbocycles. The highest BCUT2D eigenvalue weighted by atomic mass is 16.5. The first-order chi connectivity index (χ1) is 11.4. The third kappa shape index (κ3) is 3.48. The molecule has 23 heavy (non-hydrogen) atoms. The average Bonchev–Trinajstić information content (AvgIpc) is 2.98. The van der Waals surface area contributed by atoms with Gasteiger partial charge in [-0.15, -0.1) is 0 Å². The minimum Gasteiger partial charge on any atom is -0.486 e. The molecule has 0 amide bonds. The number of piperazine rings is 1. The summed E-state index contributed by atoms with van der Waals surface area (Å²) >= 11 is 0. The van der Waals surface area contributed by atoms with Crippen LogP contribution in [0.3, 0.4) is 0 Å². The van der Waals surface area contributed by atoms with Crippen molar-refractivity contribution in [2.24, 2.45) is 0 Å². The van der Waals surface area contributed by atoms with Gasteiger partial charge in [-0.05, 0) is 11.6 Å². The molecule has 0 unspecified atom stereocenters. The first kappa shape index (κ1) is 14.5. The fraction of sp³-hybridized carbons (Fsp3) is 0.471. The molecule has 2 aliphatic rings. The van der Waals surface area contributed by atoms with Gasteiger partial charge >= 0.3 is 0 Å². The predicted octanol–water partition coefficient (Wildman–Crippen LogP) is 1.21. The third-order valence-electron chi connectivity index (χ3n) is 4.63. The van der Waals surface area contributed by atoms with Gasteiger partial charge in [0.1, 0.15) is 12.4 Å². The molecule has 4 heterocycles. The van der Waals surface area contributed by atoms with Crippen molar-refractivity contribution in [2.45, 2.75) is 25.1 Å². The van der Waals surface area contributed by atoms with Gasteiger partial charge in [0.25, 0.3) is 0 Å². The average molecular weight is 311 g/mol. The Morgan fingerprint density at radius 3 is 2.83 bits per heavy atom. The normalized spacial score (nSPS) is 25.2. The molecule has 2 aromatic rings. The van der Waals surface area contributed by atoms with E-state index in [1.807, 2.05) is 18.5 Å². The molecule has 2 fully saturated rings. The molecule has 6 heteroatoms. The highest BCUT2D eigenvalue weighted by Gasteiger charge is 2.37. The van der Waals surface area contributed by atoms with E-state index in [0.29, 0.717) is 6.04 Å². The van der Waals surface area contributed by atoms with Crippen LogP contribution in [-0.2, 0) is 6.54 Å². The molecule has 0 saturated carbocycles. The van der Waals surface area contributed by atoms with Crippen molar-refractivity contribution in [1.29, 1.82) is 0 Å². The van der Waals surface area contributed by atoms with Crippen LogP contribution in [0.15, 0.2) is 43.2 Å². The maximum absolute atomic E-state index is 6.03. The van der Waals surface area contributed by atoms with Crippen LogP contribution in [0.1, 0.15) is 12.0 Å². The standard InChI is InChI=1S/C17H21N5O/c1-2-14(7-18-3-1)10-21-4-5-22-12-16(6-15(22)11-21)23-17-8-19-13-20-9-17/h1-3,7-9,13,15-16H,4-6,10-12H2/t15-,16+/m0/s1. The van der Waals surface area contributed by atoms with Gasteiger partial charge in [0.15, 0.2) is 5.75 Å². The molecule has 0 bridgehead atoms. The Morgan fingerprint density at radius 1 is 1.09 bits per heavy atom. The first-order valence-corrected chi connectivity index (χ1v) is 8.14. The van der Waals surface area contributed by atoms with Gasteiger partial charge in [-0.2, -0.15) is 0 Å². The Kier molecular flexibility index (Phi) is 4.17. The zero-order valence-electron chi connectivity index (χ0n) is 13.1. The van der Waals surface area contributed by atoms with Crippen molar-refractivity contribution < 1.29 is 4.74 Å². The van der Waals surface area contributed by atoms with E-state index >= 15 is 0 Å². The SMILES string of the molecule is c1cncc(CN2CCN3C[C@H](Oc4cncnc4)C[C@H]3C2)c1. The van der Waals surface area contributed by atoms with E-state index in [4.69, 9.17) is 4.74 Å². The predicted molar refractivity (Wildman–Crippen MR) is 85.9 cm³/mol. The second kappa shape index (κ2) is 6.60. The molecule has 0 N–H and O–H groups in total. The van der Waals surface area contributed by atoms with E-state index in [9.17, 15) is 0 Å². The van der Waals surface area contributed by atoms with Crippen molar-refractivity contribution in [3.8, 4) is 5.75 Å². The monoisotopic (exact) mass is 311 g/mol. The number of aromatic nitrogens is 3. The van der Waals surface area contributed by atoms with E-state index in [1.54, 1.807) is 12.4 Å². The van der Waals surface area contributed by atoms with Crippen LogP contribution in [-0.4, -0.2) is 63.1 Å². The second-order valence-electron chi connectivity index (χ2n) is 6.29. The number of pyridine rings is 1. The molecular weight excluding hydrogens is 290 g/mol. The minimum absolute atomic E-state index is 0.240. The molecule has 2 saturated heterocycles. The number of hydrogen-bond donors (Lipinski definition) is 0. The Balaban J connectivity index is 1.33. The lowest BCUT2D eigenvalue weighted by molar-refractivity contribution is 0.0977. The van der Waals surface area contributed by atoms with Crippen LogP contribution in [0, 0.1) is 0 Å². The summed E-state index contributed by atoms with van der Waals surface area (Å²) in [4.78, 5) is 17.3. The molecule has 2 aliphatic heterocycles. The Bertz CT molecular complexity index is 584. The van der Waals surface area contributed by atoms with Crippen LogP contribution >= 0.6 is 0 Å². The van der Waals surface area contributed by atoms with Crippen LogP contribution in [0.4, 0.5) is 0 Å². The molecule has 120 valence electrons. The fourth-order valence-corrected chi connectivity index (χ4v) is 3.58. The van der Waals surface area contributed by atoms with Crippen LogP contribution in [0.25, 0.3) is 0 Å². The number of fused-ring (bicyclic) bond motifs is 1. The number of ether oxygens (including phenoxy) is 1. The summed E-state index contributed by atoms with van der Waals surface area (Å²) in [5.74, 6) is 0.768. The molecule has 2 atom stereocenters. The van der Waals surface area contributed by atoms with Crippen LogP contribution in [0.5, 0.6) is 5.75 Å². The fourth-order valence-electron chi connectivity index (χ4n) is 3.58. The van der Waals surface area contributed by atoms with E-state index in [2.05, 4.69) is 30.8 Å². The van der Waals surface area contributed by atoms with Gasteiger partial charge in [-0.25, -0.2) is 9.97 Å². The van der Waals surface area contributed by atoms with Crippen LogP contribution < -0.4 is 4.74 Å². The summed E-state index contributed by atoms with van der Waals surface area (Å²) < 4.78 is 6.03. The summed E-state index contributed by atoms with van der Waals surface area (Å²) in [6, 6.07) is 4.73. The minimum atomic E-state index is 0.240. The number of nitrogens with zero attached hydrogens (tertiary/aromatic N) is 5. The number of rotatable bonds is 4. The molecule has 2 aromatic heterocycles. The van der Waals surface area contributed by atoms with Gasteiger partial charge in [0.2, 0.25) is 0 Å². The van der Waals surface area contributed by atoms with E-state index in [-0.39, 0.29) is 6.10 Å².